The number of carbonyl (C=O) groups is 1. The Morgan fingerprint density at radius 2 is 1.83 bits per heavy atom. The minimum Gasteiger partial charge on any atom is -0.344 e. The molecule has 0 aliphatic rings. The Morgan fingerprint density at radius 1 is 1.26 bits per heavy atom. The van der Waals surface area contributed by atoms with Crippen LogP contribution in [0.1, 0.15) is 25.5 Å². The van der Waals surface area contributed by atoms with Crippen molar-refractivity contribution in [1.82, 2.24) is 24.6 Å². The van der Waals surface area contributed by atoms with Gasteiger partial charge >= 0.3 is 0 Å². The van der Waals surface area contributed by atoms with Crippen LogP contribution < -0.4 is 5.73 Å². The summed E-state index contributed by atoms with van der Waals surface area (Å²) in [5.41, 5.74) is 5.64. The number of carbonyl (C=O) groups excluding carboxylic acids is 1. The van der Waals surface area contributed by atoms with Gasteiger partial charge in [0.25, 0.3) is 0 Å². The summed E-state index contributed by atoms with van der Waals surface area (Å²) < 4.78 is 1.93. The van der Waals surface area contributed by atoms with E-state index in [9.17, 15) is 4.79 Å². The number of hydrogen-bond donors (Lipinski definition) is 1. The Labute approximate surface area is 151 Å². The summed E-state index contributed by atoms with van der Waals surface area (Å²) in [5, 5.41) is 8.13. The summed E-state index contributed by atoms with van der Waals surface area (Å²) in [4.78, 5) is 15.9. The first kappa shape index (κ1) is 24.4. The van der Waals surface area contributed by atoms with Crippen LogP contribution in [0.5, 0.6) is 0 Å². The molecule has 0 aromatic carbocycles. The molecule has 7 nitrogen and oxygen atoms in total. The van der Waals surface area contributed by atoms with E-state index in [1.807, 2.05) is 37.5 Å². The quantitative estimate of drug-likeness (QED) is 0.771. The van der Waals surface area contributed by atoms with Crippen LogP contribution in [0.2, 0.25) is 0 Å². The van der Waals surface area contributed by atoms with Crippen molar-refractivity contribution in [3.63, 3.8) is 0 Å². The average molecular weight is 369 g/mol. The van der Waals surface area contributed by atoms with Gasteiger partial charge in [0.05, 0.1) is 13.1 Å². The number of rotatable bonds is 7. The van der Waals surface area contributed by atoms with Gasteiger partial charge in [-0.05, 0) is 25.9 Å². The number of aryl methyl sites for hydroxylation is 1. The topological polar surface area (TPSA) is 80.3 Å². The molecule has 0 atom stereocenters. The van der Waals surface area contributed by atoms with Gasteiger partial charge in [-0.1, -0.05) is 13.8 Å². The van der Waals surface area contributed by atoms with Gasteiger partial charge in [0, 0.05) is 20.6 Å². The van der Waals surface area contributed by atoms with E-state index in [4.69, 9.17) is 5.73 Å². The number of aromatic nitrogens is 3. The third kappa shape index (κ3) is 7.48. The molecule has 0 aliphatic carbocycles. The summed E-state index contributed by atoms with van der Waals surface area (Å²) >= 11 is 0. The summed E-state index contributed by atoms with van der Waals surface area (Å²) in [6, 6.07) is 0. The second-order valence-corrected chi connectivity index (χ2v) is 6.51. The predicted molar refractivity (Wildman–Crippen MR) is 97.0 cm³/mol. The maximum Gasteiger partial charge on any atom is 0.236 e. The minimum atomic E-state index is -0.0658. The highest BCUT2D eigenvalue weighted by Gasteiger charge is 2.22. The van der Waals surface area contributed by atoms with Gasteiger partial charge in [-0.15, -0.1) is 35.0 Å². The molecule has 1 heterocycles. The molecule has 0 bridgehead atoms. The van der Waals surface area contributed by atoms with Crippen LogP contribution >= 0.6 is 24.8 Å². The van der Waals surface area contributed by atoms with E-state index in [2.05, 4.69) is 24.0 Å². The standard InChI is InChI=1S/C14H28N6O.2ClH/c1-11-16-17-12(20(11)6)7-18(4)8-13(21)19(5)10-14(2,3)9-15;;/h7-10,15H2,1-6H3;2*1H. The van der Waals surface area contributed by atoms with Crippen LogP contribution in [-0.2, 0) is 18.4 Å². The summed E-state index contributed by atoms with van der Waals surface area (Å²) in [5.74, 6) is 1.80. The van der Waals surface area contributed by atoms with E-state index < -0.39 is 0 Å². The fraction of sp³-hybridized carbons (Fsp3) is 0.786. The van der Waals surface area contributed by atoms with Gasteiger partial charge < -0.3 is 15.2 Å². The summed E-state index contributed by atoms with van der Waals surface area (Å²) in [7, 11) is 5.65. The van der Waals surface area contributed by atoms with Crippen molar-refractivity contribution in [3.8, 4) is 0 Å². The highest BCUT2D eigenvalue weighted by Crippen LogP contribution is 2.14. The molecule has 0 fully saturated rings. The van der Waals surface area contributed by atoms with E-state index >= 15 is 0 Å². The number of nitrogens with two attached hydrogens (primary N) is 1. The molecule has 23 heavy (non-hydrogen) atoms. The Balaban J connectivity index is 0. The molecule has 136 valence electrons. The summed E-state index contributed by atoms with van der Waals surface area (Å²) in [6.07, 6.45) is 0. The second kappa shape index (κ2) is 10.1. The Kier molecular flexibility index (Phi) is 10.7. The van der Waals surface area contributed by atoms with Gasteiger partial charge in [0.1, 0.15) is 11.6 Å². The molecule has 1 amide bonds. The van der Waals surface area contributed by atoms with E-state index in [1.165, 1.54) is 0 Å². The normalized spacial score (nSPS) is 11.0. The molecule has 0 saturated carbocycles. The second-order valence-electron chi connectivity index (χ2n) is 6.51. The third-order valence-corrected chi connectivity index (χ3v) is 3.64. The van der Waals surface area contributed by atoms with Gasteiger partial charge in [-0.2, -0.15) is 0 Å². The Morgan fingerprint density at radius 3 is 2.26 bits per heavy atom. The predicted octanol–water partition coefficient (Wildman–Crippen LogP) is 0.842. The number of halogens is 2. The van der Waals surface area contributed by atoms with Crippen LogP contribution in [0.3, 0.4) is 0 Å². The molecule has 1 rings (SSSR count). The smallest absolute Gasteiger partial charge is 0.236 e. The average Bonchev–Trinajstić information content (AvgIpc) is 2.70. The first-order valence-electron chi connectivity index (χ1n) is 7.13. The molecule has 1 aromatic rings. The van der Waals surface area contributed by atoms with Crippen LogP contribution in [0.25, 0.3) is 0 Å². The fourth-order valence-electron chi connectivity index (χ4n) is 2.03. The highest BCUT2D eigenvalue weighted by atomic mass is 35.5. The van der Waals surface area contributed by atoms with Crippen molar-refractivity contribution in [2.24, 2.45) is 18.2 Å². The molecule has 0 aliphatic heterocycles. The molecule has 0 radical (unpaired) electrons. The molecule has 0 unspecified atom stereocenters. The molecule has 0 spiro atoms. The monoisotopic (exact) mass is 368 g/mol. The van der Waals surface area contributed by atoms with E-state index in [-0.39, 0.29) is 36.1 Å². The zero-order valence-corrected chi connectivity index (χ0v) is 16.5. The molecular weight excluding hydrogens is 339 g/mol. The van der Waals surface area contributed by atoms with Gasteiger partial charge in [-0.3, -0.25) is 9.69 Å². The SMILES string of the molecule is Cc1nnc(CN(C)CC(=O)N(C)CC(C)(C)CN)n1C.Cl.Cl. The Hall–Kier alpha value is -0.890. The molecule has 9 heteroatoms. The third-order valence-electron chi connectivity index (χ3n) is 3.64. The van der Waals surface area contributed by atoms with E-state index in [0.29, 0.717) is 26.2 Å². The lowest BCUT2D eigenvalue weighted by atomic mass is 9.93. The van der Waals surface area contributed by atoms with Crippen molar-refractivity contribution >= 4 is 30.7 Å². The Bertz CT molecular complexity index is 492. The first-order valence-corrected chi connectivity index (χ1v) is 7.13. The summed E-state index contributed by atoms with van der Waals surface area (Å²) in [6.45, 7) is 8.17. The number of hydrogen-bond acceptors (Lipinski definition) is 5. The first-order chi connectivity index (χ1) is 9.66. The zero-order valence-electron chi connectivity index (χ0n) is 14.9. The maximum absolute atomic E-state index is 12.2. The number of nitrogens with zero attached hydrogens (tertiary/aromatic N) is 5. The lowest BCUT2D eigenvalue weighted by molar-refractivity contribution is -0.132. The lowest BCUT2D eigenvalue weighted by Gasteiger charge is -2.30. The van der Waals surface area contributed by atoms with Gasteiger partial charge in [0.15, 0.2) is 0 Å². The highest BCUT2D eigenvalue weighted by molar-refractivity contribution is 5.85. The van der Waals surface area contributed by atoms with Crippen molar-refractivity contribution in [2.75, 3.05) is 33.7 Å². The number of likely N-dealkylation sites (N-methyl/N-ethyl adjacent to an activating group) is 2. The molecule has 1 aromatic heterocycles. The number of amides is 1. The fourth-order valence-corrected chi connectivity index (χ4v) is 2.03. The van der Waals surface area contributed by atoms with E-state index in [1.54, 1.807) is 4.90 Å². The van der Waals surface area contributed by atoms with Crippen LogP contribution in [0, 0.1) is 12.3 Å². The zero-order chi connectivity index (χ0) is 16.2. The van der Waals surface area contributed by atoms with Gasteiger partial charge in [-0.25, -0.2) is 0 Å². The minimum absolute atomic E-state index is 0. The molecule has 2 N–H and O–H groups in total. The van der Waals surface area contributed by atoms with Crippen molar-refractivity contribution in [1.29, 1.82) is 0 Å². The van der Waals surface area contributed by atoms with Crippen molar-refractivity contribution in [2.45, 2.75) is 27.3 Å². The van der Waals surface area contributed by atoms with Crippen LogP contribution in [0.15, 0.2) is 0 Å². The van der Waals surface area contributed by atoms with Crippen LogP contribution in [-0.4, -0.2) is 64.2 Å². The maximum atomic E-state index is 12.2. The van der Waals surface area contributed by atoms with E-state index in [0.717, 1.165) is 11.6 Å². The largest absolute Gasteiger partial charge is 0.344 e. The van der Waals surface area contributed by atoms with Crippen molar-refractivity contribution < 1.29 is 4.79 Å². The molecular formula is C14H30Cl2N6O. The van der Waals surface area contributed by atoms with Gasteiger partial charge in [0.2, 0.25) is 5.91 Å². The van der Waals surface area contributed by atoms with Crippen molar-refractivity contribution in [3.05, 3.63) is 11.6 Å². The molecule has 0 saturated heterocycles. The lowest BCUT2D eigenvalue weighted by Crippen LogP contribution is -2.43. The van der Waals surface area contributed by atoms with Crippen LogP contribution in [0.4, 0.5) is 0 Å².